The summed E-state index contributed by atoms with van der Waals surface area (Å²) in [5.41, 5.74) is 3.16. The van der Waals surface area contributed by atoms with E-state index in [0.717, 1.165) is 29.1 Å². The fourth-order valence-electron chi connectivity index (χ4n) is 3.47. The second-order valence-corrected chi connectivity index (χ2v) is 9.86. The Balaban J connectivity index is 1.89. The van der Waals surface area contributed by atoms with Gasteiger partial charge < -0.3 is 5.32 Å². The molecule has 2 aromatic rings. The lowest BCUT2D eigenvalue weighted by molar-refractivity contribution is -0.119. The van der Waals surface area contributed by atoms with Gasteiger partial charge >= 0.3 is 0 Å². The molecule has 0 heterocycles. The minimum Gasteiger partial charge on any atom is -0.351 e. The Morgan fingerprint density at radius 1 is 1.10 bits per heavy atom. The van der Waals surface area contributed by atoms with E-state index in [1.807, 2.05) is 6.92 Å². The van der Waals surface area contributed by atoms with Crippen LogP contribution in [0.1, 0.15) is 36.8 Å². The maximum atomic E-state index is 13.4. The Kier molecular flexibility index (Phi) is 7.21. The van der Waals surface area contributed by atoms with Gasteiger partial charge in [-0.1, -0.05) is 47.0 Å². The molecule has 160 valence electrons. The van der Waals surface area contributed by atoms with Crippen molar-refractivity contribution >= 4 is 33.2 Å². The molecular formula is C23H27ClN2O3S. The van der Waals surface area contributed by atoms with E-state index in [0.29, 0.717) is 22.8 Å². The van der Waals surface area contributed by atoms with Crippen LogP contribution >= 0.6 is 11.6 Å². The summed E-state index contributed by atoms with van der Waals surface area (Å²) in [6.45, 7) is 3.78. The van der Waals surface area contributed by atoms with E-state index in [4.69, 9.17) is 11.6 Å². The molecule has 30 heavy (non-hydrogen) atoms. The molecular weight excluding hydrogens is 420 g/mol. The van der Waals surface area contributed by atoms with E-state index < -0.39 is 10.0 Å². The van der Waals surface area contributed by atoms with Crippen LogP contribution in [0.4, 0.5) is 5.69 Å². The Morgan fingerprint density at radius 2 is 1.83 bits per heavy atom. The molecule has 0 atom stereocenters. The molecule has 7 heteroatoms. The summed E-state index contributed by atoms with van der Waals surface area (Å²) in [5.74, 6) is -0.350. The molecule has 0 fully saturated rings. The van der Waals surface area contributed by atoms with E-state index in [2.05, 4.69) is 11.4 Å². The molecule has 1 aliphatic carbocycles. The van der Waals surface area contributed by atoms with Gasteiger partial charge in [-0.25, -0.2) is 8.42 Å². The third-order valence-corrected chi connectivity index (χ3v) is 7.49. The molecule has 2 aromatic carbocycles. The highest BCUT2D eigenvalue weighted by atomic mass is 35.5. The molecule has 0 saturated heterocycles. The van der Waals surface area contributed by atoms with Crippen LogP contribution in [-0.4, -0.2) is 27.4 Å². The molecule has 1 amide bonds. The zero-order valence-electron chi connectivity index (χ0n) is 17.3. The van der Waals surface area contributed by atoms with E-state index in [-0.39, 0.29) is 17.3 Å². The molecule has 0 saturated carbocycles. The number of hydrogen-bond acceptors (Lipinski definition) is 3. The standard InChI is InChI=1S/C23H27ClN2O3S/c1-17-11-13-20(14-12-17)30(28,29)26(22-10-6-9-21(24)18(22)2)16-23(27)25-15-19-7-4-3-5-8-19/h6-7,9-14H,3-5,8,15-16H2,1-2H3,(H,25,27). The first-order chi connectivity index (χ1) is 14.3. The summed E-state index contributed by atoms with van der Waals surface area (Å²) in [7, 11) is -3.95. The maximum absolute atomic E-state index is 13.4. The van der Waals surface area contributed by atoms with E-state index >= 15 is 0 Å². The first-order valence-electron chi connectivity index (χ1n) is 10.1. The van der Waals surface area contributed by atoms with Crippen molar-refractivity contribution in [2.75, 3.05) is 17.4 Å². The Hall–Kier alpha value is -2.31. The third kappa shape index (κ3) is 5.24. The number of benzene rings is 2. The average Bonchev–Trinajstić information content (AvgIpc) is 2.74. The van der Waals surface area contributed by atoms with Crippen LogP contribution in [0.15, 0.2) is 59.0 Å². The number of anilines is 1. The summed E-state index contributed by atoms with van der Waals surface area (Å²) in [6.07, 6.45) is 6.46. The van der Waals surface area contributed by atoms with Crippen LogP contribution in [-0.2, 0) is 14.8 Å². The third-order valence-electron chi connectivity index (χ3n) is 5.30. The highest BCUT2D eigenvalue weighted by Crippen LogP contribution is 2.30. The van der Waals surface area contributed by atoms with Crippen LogP contribution in [0.2, 0.25) is 5.02 Å². The normalized spacial score (nSPS) is 14.2. The van der Waals surface area contributed by atoms with Gasteiger partial charge in [-0.05, 0) is 69.4 Å². The van der Waals surface area contributed by atoms with Crippen LogP contribution in [0, 0.1) is 13.8 Å². The lowest BCUT2D eigenvalue weighted by atomic mass is 10.00. The molecule has 1 N–H and O–H groups in total. The number of carbonyl (C=O) groups is 1. The number of carbonyl (C=O) groups excluding carboxylic acids is 1. The summed E-state index contributed by atoms with van der Waals surface area (Å²) >= 11 is 6.24. The molecule has 5 nitrogen and oxygen atoms in total. The van der Waals surface area contributed by atoms with Gasteiger partial charge in [0.25, 0.3) is 10.0 Å². The molecule has 0 aromatic heterocycles. The number of sulfonamides is 1. The van der Waals surface area contributed by atoms with Crippen molar-refractivity contribution in [3.63, 3.8) is 0 Å². The first kappa shape index (κ1) is 22.4. The van der Waals surface area contributed by atoms with Crippen molar-refractivity contribution in [1.29, 1.82) is 0 Å². The minimum atomic E-state index is -3.95. The van der Waals surface area contributed by atoms with Crippen molar-refractivity contribution < 1.29 is 13.2 Å². The van der Waals surface area contributed by atoms with Gasteiger partial charge in [0.05, 0.1) is 10.6 Å². The molecule has 0 aliphatic heterocycles. The second kappa shape index (κ2) is 9.67. The minimum absolute atomic E-state index is 0.135. The lowest BCUT2D eigenvalue weighted by Crippen LogP contribution is -2.41. The quantitative estimate of drug-likeness (QED) is 0.623. The number of halogens is 1. The Labute approximate surface area is 183 Å². The van der Waals surface area contributed by atoms with Crippen LogP contribution < -0.4 is 9.62 Å². The molecule has 0 radical (unpaired) electrons. The number of rotatable bonds is 7. The highest BCUT2D eigenvalue weighted by molar-refractivity contribution is 7.92. The van der Waals surface area contributed by atoms with Crippen LogP contribution in [0.5, 0.6) is 0 Å². The van der Waals surface area contributed by atoms with Gasteiger partial charge in [-0.15, -0.1) is 0 Å². The molecule has 0 spiro atoms. The molecule has 0 unspecified atom stereocenters. The predicted octanol–water partition coefficient (Wildman–Crippen LogP) is 4.77. The zero-order chi connectivity index (χ0) is 21.7. The Bertz CT molecular complexity index is 1050. The number of allylic oxidation sites excluding steroid dienone is 1. The SMILES string of the molecule is Cc1ccc(S(=O)(=O)N(CC(=O)NCC2=CCCCC2)c2cccc(Cl)c2C)cc1. The second-order valence-electron chi connectivity index (χ2n) is 7.59. The summed E-state index contributed by atoms with van der Waals surface area (Å²) in [4.78, 5) is 12.9. The number of amides is 1. The van der Waals surface area contributed by atoms with E-state index in [9.17, 15) is 13.2 Å². The van der Waals surface area contributed by atoms with Crippen LogP contribution in [0.25, 0.3) is 0 Å². The number of hydrogen-bond donors (Lipinski definition) is 1. The fourth-order valence-corrected chi connectivity index (χ4v) is 5.12. The number of aryl methyl sites for hydroxylation is 1. The van der Waals surface area contributed by atoms with Gasteiger partial charge in [0, 0.05) is 11.6 Å². The van der Waals surface area contributed by atoms with Crippen LogP contribution in [0.3, 0.4) is 0 Å². The van der Waals surface area contributed by atoms with Crippen molar-refractivity contribution in [3.8, 4) is 0 Å². The molecule has 3 rings (SSSR count). The van der Waals surface area contributed by atoms with Gasteiger partial charge in [0.2, 0.25) is 5.91 Å². The fraction of sp³-hybridized carbons (Fsp3) is 0.348. The maximum Gasteiger partial charge on any atom is 0.264 e. The highest BCUT2D eigenvalue weighted by Gasteiger charge is 2.28. The van der Waals surface area contributed by atoms with E-state index in [1.165, 1.54) is 12.0 Å². The predicted molar refractivity (Wildman–Crippen MR) is 121 cm³/mol. The van der Waals surface area contributed by atoms with Crippen molar-refractivity contribution in [2.24, 2.45) is 0 Å². The van der Waals surface area contributed by atoms with Gasteiger partial charge in [-0.2, -0.15) is 0 Å². The smallest absolute Gasteiger partial charge is 0.264 e. The zero-order valence-corrected chi connectivity index (χ0v) is 18.9. The Morgan fingerprint density at radius 3 is 2.50 bits per heavy atom. The number of nitrogens with zero attached hydrogens (tertiary/aromatic N) is 1. The first-order valence-corrected chi connectivity index (χ1v) is 11.9. The molecule has 1 aliphatic rings. The largest absolute Gasteiger partial charge is 0.351 e. The van der Waals surface area contributed by atoms with E-state index in [1.54, 1.807) is 49.4 Å². The lowest BCUT2D eigenvalue weighted by Gasteiger charge is -2.26. The topological polar surface area (TPSA) is 66.5 Å². The molecule has 0 bridgehead atoms. The summed E-state index contributed by atoms with van der Waals surface area (Å²) in [5, 5.41) is 3.32. The van der Waals surface area contributed by atoms with Gasteiger partial charge in [0.1, 0.15) is 6.54 Å². The monoisotopic (exact) mass is 446 g/mol. The van der Waals surface area contributed by atoms with Crippen molar-refractivity contribution in [3.05, 3.63) is 70.3 Å². The summed E-state index contributed by atoms with van der Waals surface area (Å²) in [6, 6.07) is 11.7. The van der Waals surface area contributed by atoms with Gasteiger partial charge in [0.15, 0.2) is 0 Å². The average molecular weight is 447 g/mol. The van der Waals surface area contributed by atoms with Crippen molar-refractivity contribution in [1.82, 2.24) is 5.32 Å². The van der Waals surface area contributed by atoms with Crippen molar-refractivity contribution in [2.45, 2.75) is 44.4 Å². The summed E-state index contributed by atoms with van der Waals surface area (Å²) < 4.78 is 28.0. The number of nitrogens with one attached hydrogen (secondary N) is 1. The van der Waals surface area contributed by atoms with Gasteiger partial charge in [-0.3, -0.25) is 9.10 Å².